The number of nitrogens with one attached hydrogen (secondary N) is 2. The van der Waals surface area contributed by atoms with Crippen LogP contribution in [-0.4, -0.2) is 39.0 Å². The van der Waals surface area contributed by atoms with Crippen LogP contribution in [0.4, 0.5) is 11.4 Å². The largest absolute Gasteiger partial charge is 0.478 e. The highest BCUT2D eigenvalue weighted by Gasteiger charge is 2.23. The van der Waals surface area contributed by atoms with Gasteiger partial charge in [-0.1, -0.05) is 35.3 Å². The van der Waals surface area contributed by atoms with Crippen LogP contribution in [0.25, 0.3) is 0 Å². The number of rotatable bonds is 8. The lowest BCUT2D eigenvalue weighted by Crippen LogP contribution is -2.16. The fourth-order valence-corrected chi connectivity index (χ4v) is 6.02. The second kappa shape index (κ2) is 9.97. The Balaban J connectivity index is 1.93. The molecule has 0 saturated heterocycles. The van der Waals surface area contributed by atoms with Gasteiger partial charge in [-0.05, 0) is 61.4 Å². The molecule has 10 nitrogen and oxygen atoms in total. The minimum absolute atomic E-state index is 0.117. The summed E-state index contributed by atoms with van der Waals surface area (Å²) >= 11 is 12.4. The lowest BCUT2D eigenvalue weighted by atomic mass is 10.1. The average Bonchev–Trinajstić information content (AvgIpc) is 2.76. The third kappa shape index (κ3) is 5.73. The summed E-state index contributed by atoms with van der Waals surface area (Å²) in [5.41, 5.74) is -0.0506. The van der Waals surface area contributed by atoms with Crippen molar-refractivity contribution in [1.29, 1.82) is 0 Å². The SMILES string of the molecule is Cc1ccc(S(=O)(=O)Nc2cc(Cl)c(NS(=O)(=O)c3ccc(C)c(C(=O)O)c3)c(Cl)c2)cc1C(=O)O. The number of anilines is 2. The van der Waals surface area contributed by atoms with Crippen LogP contribution in [0.1, 0.15) is 31.8 Å². The van der Waals surface area contributed by atoms with Crippen LogP contribution >= 0.6 is 23.2 Å². The van der Waals surface area contributed by atoms with Crippen molar-refractivity contribution in [2.24, 2.45) is 0 Å². The van der Waals surface area contributed by atoms with E-state index < -0.39 is 32.0 Å². The van der Waals surface area contributed by atoms with E-state index in [2.05, 4.69) is 9.44 Å². The summed E-state index contributed by atoms with van der Waals surface area (Å²) in [7, 11) is -8.57. The number of hydrogen-bond acceptors (Lipinski definition) is 6. The highest BCUT2D eigenvalue weighted by molar-refractivity contribution is 7.93. The van der Waals surface area contributed by atoms with Crippen molar-refractivity contribution >= 4 is 66.6 Å². The Morgan fingerprint density at radius 1 is 0.694 bits per heavy atom. The third-order valence-electron chi connectivity index (χ3n) is 5.03. The summed E-state index contributed by atoms with van der Waals surface area (Å²) in [6.45, 7) is 3.03. The summed E-state index contributed by atoms with van der Waals surface area (Å²) in [4.78, 5) is 22.0. The molecule has 14 heteroatoms. The first-order valence-corrected chi connectivity index (χ1v) is 13.6. The topological polar surface area (TPSA) is 167 Å². The van der Waals surface area contributed by atoms with Gasteiger partial charge >= 0.3 is 11.9 Å². The first-order chi connectivity index (χ1) is 16.6. The van der Waals surface area contributed by atoms with E-state index in [4.69, 9.17) is 23.2 Å². The molecule has 0 unspecified atom stereocenters. The van der Waals surface area contributed by atoms with Crippen molar-refractivity contribution in [3.63, 3.8) is 0 Å². The van der Waals surface area contributed by atoms with E-state index in [-0.39, 0.29) is 42.3 Å². The minimum Gasteiger partial charge on any atom is -0.478 e. The van der Waals surface area contributed by atoms with E-state index in [1.165, 1.54) is 38.1 Å². The van der Waals surface area contributed by atoms with Gasteiger partial charge in [0, 0.05) is 0 Å². The van der Waals surface area contributed by atoms with Gasteiger partial charge in [-0.15, -0.1) is 0 Å². The van der Waals surface area contributed by atoms with Gasteiger partial charge in [-0.2, -0.15) is 0 Å². The summed E-state index contributed by atoms with van der Waals surface area (Å²) < 4.78 is 55.6. The van der Waals surface area contributed by atoms with Gasteiger partial charge in [0.25, 0.3) is 20.0 Å². The quantitative estimate of drug-likeness (QED) is 0.303. The lowest BCUT2D eigenvalue weighted by molar-refractivity contribution is 0.0685. The molecule has 0 aliphatic carbocycles. The third-order valence-corrected chi connectivity index (χ3v) is 8.35. The molecule has 0 radical (unpaired) electrons. The van der Waals surface area contributed by atoms with Crippen LogP contribution in [0, 0.1) is 13.8 Å². The molecule has 3 aromatic rings. The Labute approximate surface area is 216 Å². The molecule has 4 N–H and O–H groups in total. The molecular formula is C22H18Cl2N2O8S2. The molecule has 0 aliphatic rings. The van der Waals surface area contributed by atoms with Crippen molar-refractivity contribution in [3.8, 4) is 0 Å². The number of carbonyl (C=O) groups is 2. The van der Waals surface area contributed by atoms with Crippen molar-refractivity contribution < 1.29 is 36.6 Å². The summed E-state index contributed by atoms with van der Waals surface area (Å²) in [6.07, 6.45) is 0. The van der Waals surface area contributed by atoms with E-state index in [0.717, 1.165) is 24.3 Å². The Bertz CT molecular complexity index is 1600. The smallest absolute Gasteiger partial charge is 0.335 e. The maximum atomic E-state index is 12.8. The van der Waals surface area contributed by atoms with Gasteiger partial charge in [-0.3, -0.25) is 9.44 Å². The van der Waals surface area contributed by atoms with Crippen LogP contribution < -0.4 is 9.44 Å². The number of carboxylic acids is 2. The van der Waals surface area contributed by atoms with Crippen molar-refractivity contribution in [2.75, 3.05) is 9.44 Å². The van der Waals surface area contributed by atoms with Crippen LogP contribution in [0.15, 0.2) is 58.3 Å². The average molecular weight is 573 g/mol. The molecule has 0 fully saturated rings. The van der Waals surface area contributed by atoms with Gasteiger partial charge in [-0.25, -0.2) is 26.4 Å². The second-order valence-corrected chi connectivity index (χ2v) is 11.8. The maximum absolute atomic E-state index is 12.8. The highest BCUT2D eigenvalue weighted by atomic mass is 35.5. The number of carboxylic acid groups (broad SMARTS) is 2. The number of sulfonamides is 2. The molecule has 3 rings (SSSR count). The normalized spacial score (nSPS) is 11.7. The fourth-order valence-electron chi connectivity index (χ4n) is 3.13. The predicted molar refractivity (Wildman–Crippen MR) is 134 cm³/mol. The molecule has 0 bridgehead atoms. The van der Waals surface area contributed by atoms with E-state index in [0.29, 0.717) is 11.1 Å². The number of hydrogen-bond donors (Lipinski definition) is 4. The number of aryl methyl sites for hydroxylation is 2. The summed E-state index contributed by atoms with van der Waals surface area (Å²) in [5, 5.41) is 18.0. The maximum Gasteiger partial charge on any atom is 0.335 e. The van der Waals surface area contributed by atoms with Crippen LogP contribution in [0.3, 0.4) is 0 Å². The molecule has 0 heterocycles. The molecule has 36 heavy (non-hydrogen) atoms. The van der Waals surface area contributed by atoms with Crippen LogP contribution in [0.5, 0.6) is 0 Å². The molecule has 3 aromatic carbocycles. The number of aromatic carboxylic acids is 2. The van der Waals surface area contributed by atoms with Crippen LogP contribution in [0.2, 0.25) is 10.0 Å². The van der Waals surface area contributed by atoms with E-state index in [1.807, 2.05) is 0 Å². The molecule has 190 valence electrons. The predicted octanol–water partition coefficient (Wildman–Crippen LogP) is 4.61. The van der Waals surface area contributed by atoms with Gasteiger partial charge < -0.3 is 10.2 Å². The van der Waals surface area contributed by atoms with E-state index in [9.17, 15) is 36.6 Å². The number of benzene rings is 3. The Kier molecular flexibility index (Phi) is 7.55. The minimum atomic E-state index is -4.32. The summed E-state index contributed by atoms with van der Waals surface area (Å²) in [5.74, 6) is -2.60. The Morgan fingerprint density at radius 3 is 1.47 bits per heavy atom. The monoisotopic (exact) mass is 572 g/mol. The van der Waals surface area contributed by atoms with Crippen molar-refractivity contribution in [3.05, 3.63) is 80.8 Å². The standard InChI is InChI=1S/C22H18Cl2N2O8S2/c1-11-3-5-14(9-16(11)21(27)28)35(31,32)25-13-7-18(23)20(19(24)8-13)26-36(33,34)15-6-4-12(2)17(10-15)22(29)30/h3-10,25-26H,1-2H3,(H,27,28)(H,29,30). The molecule has 0 atom stereocenters. The molecule has 0 amide bonds. The van der Waals surface area contributed by atoms with Gasteiger partial charge in [0.1, 0.15) is 0 Å². The van der Waals surface area contributed by atoms with Gasteiger partial charge in [0.15, 0.2) is 0 Å². The lowest BCUT2D eigenvalue weighted by Gasteiger charge is -2.15. The van der Waals surface area contributed by atoms with E-state index in [1.54, 1.807) is 0 Å². The van der Waals surface area contributed by atoms with Crippen molar-refractivity contribution in [1.82, 2.24) is 0 Å². The Hall–Kier alpha value is -3.32. The first-order valence-electron chi connectivity index (χ1n) is 9.85. The molecule has 0 spiro atoms. The first kappa shape index (κ1) is 27.3. The number of halogens is 2. The molecular weight excluding hydrogens is 555 g/mol. The van der Waals surface area contributed by atoms with Gasteiger partial charge in [0.05, 0.1) is 42.3 Å². The highest BCUT2D eigenvalue weighted by Crippen LogP contribution is 2.36. The van der Waals surface area contributed by atoms with Crippen LogP contribution in [-0.2, 0) is 20.0 Å². The van der Waals surface area contributed by atoms with Crippen molar-refractivity contribution in [2.45, 2.75) is 23.6 Å². The molecule has 0 saturated carbocycles. The van der Waals surface area contributed by atoms with E-state index >= 15 is 0 Å². The Morgan fingerprint density at radius 2 is 1.08 bits per heavy atom. The van der Waals surface area contributed by atoms with Gasteiger partial charge in [0.2, 0.25) is 0 Å². The second-order valence-electron chi connectivity index (χ2n) is 7.59. The zero-order valence-electron chi connectivity index (χ0n) is 18.5. The fraction of sp³-hybridized carbons (Fsp3) is 0.0909. The molecule has 0 aliphatic heterocycles. The zero-order chi connectivity index (χ0) is 27.0. The molecule has 0 aromatic heterocycles. The summed E-state index contributed by atoms with van der Waals surface area (Å²) in [6, 6.07) is 9.30. The zero-order valence-corrected chi connectivity index (χ0v) is 21.7.